The fourth-order valence-electron chi connectivity index (χ4n) is 2.28. The van der Waals surface area contributed by atoms with Crippen LogP contribution in [0.3, 0.4) is 0 Å². The maximum Gasteiger partial charge on any atom is 0.253 e. The summed E-state index contributed by atoms with van der Waals surface area (Å²) < 4.78 is 0. The van der Waals surface area contributed by atoms with Gasteiger partial charge >= 0.3 is 0 Å². The van der Waals surface area contributed by atoms with Crippen molar-refractivity contribution in [3.8, 4) is 0 Å². The third-order valence-corrected chi connectivity index (χ3v) is 3.71. The van der Waals surface area contributed by atoms with Gasteiger partial charge in [-0.05, 0) is 45.0 Å². The van der Waals surface area contributed by atoms with E-state index in [1.165, 1.54) is 0 Å². The van der Waals surface area contributed by atoms with Crippen molar-refractivity contribution >= 4 is 11.8 Å². The Morgan fingerprint density at radius 1 is 1.13 bits per heavy atom. The zero-order valence-corrected chi connectivity index (χ0v) is 14.7. The average Bonchev–Trinajstić information content (AvgIpc) is 2.58. The largest absolute Gasteiger partial charge is 0.350 e. The minimum atomic E-state index is -0.153. The molecule has 0 bridgehead atoms. The zero-order valence-electron chi connectivity index (χ0n) is 14.7. The number of rotatable bonds is 9. The van der Waals surface area contributed by atoms with E-state index in [1.807, 2.05) is 18.9 Å². The summed E-state index contributed by atoms with van der Waals surface area (Å²) in [5.74, 6) is -0.161. The van der Waals surface area contributed by atoms with Crippen LogP contribution in [-0.2, 0) is 0 Å². The van der Waals surface area contributed by atoms with E-state index >= 15 is 0 Å². The lowest BCUT2D eigenvalue weighted by Gasteiger charge is -2.21. The molecule has 1 aromatic carbocycles. The zero-order chi connectivity index (χ0) is 17.2. The molecule has 1 unspecified atom stereocenters. The number of carbonyl (C=O) groups excluding carboxylic acids is 2. The van der Waals surface area contributed by atoms with Crippen molar-refractivity contribution in [1.82, 2.24) is 15.5 Å². The highest BCUT2D eigenvalue weighted by Gasteiger charge is 2.16. The van der Waals surface area contributed by atoms with Gasteiger partial charge in [0.2, 0.25) is 0 Å². The fourth-order valence-corrected chi connectivity index (χ4v) is 2.28. The first-order valence-electron chi connectivity index (χ1n) is 8.38. The molecular formula is C18H29N3O2. The van der Waals surface area contributed by atoms with Crippen LogP contribution in [0.1, 0.15) is 54.3 Å². The topological polar surface area (TPSA) is 61.4 Å². The minimum absolute atomic E-state index is 0.00746. The van der Waals surface area contributed by atoms with E-state index in [-0.39, 0.29) is 17.9 Å². The van der Waals surface area contributed by atoms with Crippen molar-refractivity contribution in [3.63, 3.8) is 0 Å². The maximum atomic E-state index is 12.6. The van der Waals surface area contributed by atoms with E-state index in [1.54, 1.807) is 24.3 Å². The van der Waals surface area contributed by atoms with Gasteiger partial charge in [-0.25, -0.2) is 0 Å². The summed E-state index contributed by atoms with van der Waals surface area (Å²) in [5.41, 5.74) is 1.09. The second kappa shape index (κ2) is 10.0. The SMILES string of the molecule is CCCN(CCC)C(=O)c1cccc(C(=O)NCC(C)NC)c1. The smallest absolute Gasteiger partial charge is 0.253 e. The van der Waals surface area contributed by atoms with Crippen LogP contribution in [0.4, 0.5) is 0 Å². The molecule has 0 aliphatic carbocycles. The molecule has 0 aliphatic heterocycles. The summed E-state index contributed by atoms with van der Waals surface area (Å²) in [6.45, 7) is 8.13. The molecule has 0 saturated heterocycles. The van der Waals surface area contributed by atoms with Crippen molar-refractivity contribution in [1.29, 1.82) is 0 Å². The van der Waals surface area contributed by atoms with Gasteiger partial charge in [0.05, 0.1) is 0 Å². The van der Waals surface area contributed by atoms with Gasteiger partial charge in [-0.2, -0.15) is 0 Å². The molecule has 0 aromatic heterocycles. The van der Waals surface area contributed by atoms with Crippen LogP contribution in [0.15, 0.2) is 24.3 Å². The summed E-state index contributed by atoms with van der Waals surface area (Å²) in [6, 6.07) is 7.15. The first-order chi connectivity index (χ1) is 11.0. The maximum absolute atomic E-state index is 12.6. The van der Waals surface area contributed by atoms with Crippen LogP contribution in [0.25, 0.3) is 0 Å². The number of hydrogen-bond acceptors (Lipinski definition) is 3. The van der Waals surface area contributed by atoms with Gasteiger partial charge in [0.25, 0.3) is 11.8 Å². The normalized spacial score (nSPS) is 11.8. The first kappa shape index (κ1) is 19.2. The molecule has 128 valence electrons. The molecule has 0 aliphatic rings. The molecule has 5 heteroatoms. The summed E-state index contributed by atoms with van der Waals surface area (Å²) >= 11 is 0. The van der Waals surface area contributed by atoms with Gasteiger partial charge in [0, 0.05) is 36.8 Å². The van der Waals surface area contributed by atoms with Gasteiger partial charge in [-0.1, -0.05) is 19.9 Å². The molecule has 0 heterocycles. The Balaban J connectivity index is 2.82. The van der Waals surface area contributed by atoms with Crippen LogP contribution in [0.2, 0.25) is 0 Å². The van der Waals surface area contributed by atoms with Crippen molar-refractivity contribution in [2.24, 2.45) is 0 Å². The molecule has 23 heavy (non-hydrogen) atoms. The third-order valence-electron chi connectivity index (χ3n) is 3.71. The Labute approximate surface area is 139 Å². The van der Waals surface area contributed by atoms with Gasteiger partial charge in [0.1, 0.15) is 0 Å². The van der Waals surface area contributed by atoms with Crippen molar-refractivity contribution in [2.75, 3.05) is 26.7 Å². The monoisotopic (exact) mass is 319 g/mol. The number of amides is 2. The van der Waals surface area contributed by atoms with Gasteiger partial charge in [-0.15, -0.1) is 0 Å². The van der Waals surface area contributed by atoms with E-state index in [0.717, 1.165) is 25.9 Å². The van der Waals surface area contributed by atoms with E-state index in [2.05, 4.69) is 24.5 Å². The molecule has 0 saturated carbocycles. The molecular weight excluding hydrogens is 290 g/mol. The van der Waals surface area contributed by atoms with Gasteiger partial charge < -0.3 is 15.5 Å². The van der Waals surface area contributed by atoms with Gasteiger partial charge in [0.15, 0.2) is 0 Å². The van der Waals surface area contributed by atoms with E-state index in [0.29, 0.717) is 17.7 Å². The molecule has 1 rings (SSSR count). The summed E-state index contributed by atoms with van der Waals surface area (Å²) in [4.78, 5) is 26.6. The Hall–Kier alpha value is -1.88. The number of nitrogens with one attached hydrogen (secondary N) is 2. The minimum Gasteiger partial charge on any atom is -0.350 e. The summed E-state index contributed by atoms with van der Waals surface area (Å²) in [6.07, 6.45) is 1.85. The Morgan fingerprint density at radius 2 is 1.74 bits per heavy atom. The lowest BCUT2D eigenvalue weighted by atomic mass is 10.1. The lowest BCUT2D eigenvalue weighted by molar-refractivity contribution is 0.0755. The molecule has 2 N–H and O–H groups in total. The average molecular weight is 319 g/mol. The van der Waals surface area contributed by atoms with Crippen LogP contribution in [0, 0.1) is 0 Å². The Bertz CT molecular complexity index is 511. The molecule has 1 atom stereocenters. The predicted octanol–water partition coefficient (Wildman–Crippen LogP) is 2.29. The number of carbonyl (C=O) groups is 2. The second-order valence-corrected chi connectivity index (χ2v) is 5.77. The molecule has 2 amide bonds. The second-order valence-electron chi connectivity index (χ2n) is 5.77. The van der Waals surface area contributed by atoms with Gasteiger partial charge in [-0.3, -0.25) is 9.59 Å². The van der Waals surface area contributed by atoms with Crippen molar-refractivity contribution in [2.45, 2.75) is 39.7 Å². The quantitative estimate of drug-likeness (QED) is 0.734. The third kappa shape index (κ3) is 6.02. The van der Waals surface area contributed by atoms with Crippen molar-refractivity contribution in [3.05, 3.63) is 35.4 Å². The Morgan fingerprint density at radius 3 is 2.30 bits per heavy atom. The highest BCUT2D eigenvalue weighted by atomic mass is 16.2. The number of hydrogen-bond donors (Lipinski definition) is 2. The fraction of sp³-hybridized carbons (Fsp3) is 0.556. The highest BCUT2D eigenvalue weighted by molar-refractivity contribution is 5.99. The molecule has 0 fully saturated rings. The van der Waals surface area contributed by atoms with Crippen LogP contribution >= 0.6 is 0 Å². The number of benzene rings is 1. The lowest BCUT2D eigenvalue weighted by Crippen LogP contribution is -2.37. The highest BCUT2D eigenvalue weighted by Crippen LogP contribution is 2.10. The first-order valence-corrected chi connectivity index (χ1v) is 8.38. The van der Waals surface area contributed by atoms with Crippen LogP contribution < -0.4 is 10.6 Å². The van der Waals surface area contributed by atoms with E-state index in [4.69, 9.17) is 0 Å². The predicted molar refractivity (Wildman–Crippen MR) is 93.8 cm³/mol. The van der Waals surface area contributed by atoms with E-state index < -0.39 is 0 Å². The van der Waals surface area contributed by atoms with Crippen molar-refractivity contribution < 1.29 is 9.59 Å². The molecule has 0 spiro atoms. The standard InChI is InChI=1S/C18H29N3O2/c1-5-10-21(11-6-2)18(23)16-9-7-8-15(12-16)17(22)20-13-14(3)19-4/h7-9,12,14,19H,5-6,10-11,13H2,1-4H3,(H,20,22). The van der Waals surface area contributed by atoms with Crippen LogP contribution in [0.5, 0.6) is 0 Å². The molecule has 5 nitrogen and oxygen atoms in total. The Kier molecular flexibility index (Phi) is 8.33. The molecule has 0 radical (unpaired) electrons. The number of likely N-dealkylation sites (N-methyl/N-ethyl adjacent to an activating group) is 1. The molecule has 1 aromatic rings. The summed E-state index contributed by atoms with van der Waals surface area (Å²) in [7, 11) is 1.85. The van der Waals surface area contributed by atoms with E-state index in [9.17, 15) is 9.59 Å². The van der Waals surface area contributed by atoms with Crippen LogP contribution in [-0.4, -0.2) is 49.4 Å². The summed E-state index contributed by atoms with van der Waals surface area (Å²) in [5, 5.41) is 5.94. The number of nitrogens with zero attached hydrogens (tertiary/aromatic N) is 1.